The monoisotopic (exact) mass is 566 g/mol. The van der Waals surface area contributed by atoms with Gasteiger partial charge in [-0.2, -0.15) is 0 Å². The molecule has 0 saturated carbocycles. The molecule has 2 fully saturated rings. The van der Waals surface area contributed by atoms with Gasteiger partial charge in [0.2, 0.25) is 17.7 Å². The average Bonchev–Trinajstić information content (AvgIpc) is 3.56. The molecule has 2 aliphatic rings. The van der Waals surface area contributed by atoms with Gasteiger partial charge in [-0.05, 0) is 73.6 Å². The lowest BCUT2D eigenvalue weighted by molar-refractivity contribution is -0.134. The number of benzene rings is 3. The summed E-state index contributed by atoms with van der Waals surface area (Å²) in [7, 11) is 0. The van der Waals surface area contributed by atoms with Crippen LogP contribution < -0.4 is 10.6 Å². The van der Waals surface area contributed by atoms with Crippen LogP contribution in [0.5, 0.6) is 0 Å². The topological polar surface area (TPSA) is 98.8 Å². The summed E-state index contributed by atoms with van der Waals surface area (Å²) in [6, 6.07) is 24.2. The molecule has 8 heteroatoms. The lowest BCUT2D eigenvalue weighted by Gasteiger charge is -2.32. The Morgan fingerprint density at radius 3 is 2.21 bits per heavy atom. The number of carbonyl (C=O) groups is 4. The Kier molecular flexibility index (Phi) is 9.64. The summed E-state index contributed by atoms with van der Waals surface area (Å²) in [5.41, 5.74) is 3.77. The summed E-state index contributed by atoms with van der Waals surface area (Å²) < 4.78 is 0. The van der Waals surface area contributed by atoms with Crippen LogP contribution in [0, 0.1) is 5.92 Å². The first kappa shape index (κ1) is 29.0. The van der Waals surface area contributed by atoms with E-state index in [1.165, 1.54) is 0 Å². The van der Waals surface area contributed by atoms with Gasteiger partial charge in [0.05, 0.1) is 12.3 Å². The van der Waals surface area contributed by atoms with Gasteiger partial charge in [0, 0.05) is 49.5 Å². The molecule has 0 bridgehead atoms. The zero-order valence-corrected chi connectivity index (χ0v) is 23.9. The Morgan fingerprint density at radius 2 is 1.45 bits per heavy atom. The summed E-state index contributed by atoms with van der Waals surface area (Å²) >= 11 is 0. The number of likely N-dealkylation sites (tertiary alicyclic amines) is 2. The molecule has 42 heavy (non-hydrogen) atoms. The molecule has 3 aromatic rings. The zero-order valence-electron chi connectivity index (χ0n) is 23.9. The summed E-state index contributed by atoms with van der Waals surface area (Å²) in [6.45, 7) is 2.68. The number of nitrogens with zero attached hydrogens (tertiary/aromatic N) is 2. The molecule has 218 valence electrons. The van der Waals surface area contributed by atoms with E-state index in [2.05, 4.69) is 10.6 Å². The highest BCUT2D eigenvalue weighted by Gasteiger charge is 2.28. The molecule has 0 aromatic heterocycles. The van der Waals surface area contributed by atoms with Crippen LogP contribution in [0.25, 0.3) is 0 Å². The minimum absolute atomic E-state index is 0.00294. The Labute approximate surface area is 247 Å². The van der Waals surface area contributed by atoms with Gasteiger partial charge >= 0.3 is 0 Å². The number of rotatable bonds is 9. The molecule has 0 radical (unpaired) electrons. The molecule has 4 amide bonds. The van der Waals surface area contributed by atoms with E-state index in [1.807, 2.05) is 52.3 Å². The lowest BCUT2D eigenvalue weighted by Crippen LogP contribution is -2.43. The fourth-order valence-electron chi connectivity index (χ4n) is 5.65. The maximum atomic E-state index is 13.0. The molecule has 2 saturated heterocycles. The van der Waals surface area contributed by atoms with E-state index < -0.39 is 0 Å². The summed E-state index contributed by atoms with van der Waals surface area (Å²) in [5.74, 6) is -0.445. The predicted molar refractivity (Wildman–Crippen MR) is 163 cm³/mol. The normalized spacial score (nSPS) is 16.6. The molecule has 3 aromatic carbocycles. The Hall–Kier alpha value is -4.46. The van der Waals surface area contributed by atoms with Gasteiger partial charge in [-0.1, -0.05) is 48.5 Å². The van der Waals surface area contributed by atoms with E-state index in [0.29, 0.717) is 42.9 Å². The average molecular weight is 567 g/mol. The van der Waals surface area contributed by atoms with Crippen LogP contribution in [0.4, 0.5) is 11.4 Å². The van der Waals surface area contributed by atoms with Gasteiger partial charge in [0.1, 0.15) is 0 Å². The predicted octanol–water partition coefficient (Wildman–Crippen LogP) is 4.91. The van der Waals surface area contributed by atoms with Crippen molar-refractivity contribution in [2.24, 2.45) is 5.92 Å². The minimum atomic E-state index is -0.252. The number of carbonyl (C=O) groups excluding carboxylic acids is 4. The van der Waals surface area contributed by atoms with Crippen molar-refractivity contribution in [1.82, 2.24) is 9.80 Å². The van der Waals surface area contributed by atoms with Gasteiger partial charge in [0.15, 0.2) is 0 Å². The van der Waals surface area contributed by atoms with Crippen LogP contribution >= 0.6 is 0 Å². The highest BCUT2D eigenvalue weighted by molar-refractivity contribution is 5.98. The van der Waals surface area contributed by atoms with Crippen molar-refractivity contribution in [2.75, 3.05) is 36.8 Å². The molecule has 2 aliphatic heterocycles. The summed E-state index contributed by atoms with van der Waals surface area (Å²) in [6.07, 6.45) is 4.91. The first-order valence-corrected chi connectivity index (χ1v) is 14.9. The first-order valence-electron chi connectivity index (χ1n) is 14.9. The Morgan fingerprint density at radius 1 is 0.714 bits per heavy atom. The lowest BCUT2D eigenvalue weighted by atomic mass is 9.96. The summed E-state index contributed by atoms with van der Waals surface area (Å²) in [4.78, 5) is 54.8. The first-order chi connectivity index (χ1) is 20.4. The number of amides is 4. The zero-order chi connectivity index (χ0) is 29.3. The van der Waals surface area contributed by atoms with Crippen molar-refractivity contribution in [3.63, 3.8) is 0 Å². The van der Waals surface area contributed by atoms with E-state index >= 15 is 0 Å². The van der Waals surface area contributed by atoms with Crippen molar-refractivity contribution >= 4 is 35.0 Å². The second-order valence-electron chi connectivity index (χ2n) is 11.2. The second-order valence-corrected chi connectivity index (χ2v) is 11.2. The van der Waals surface area contributed by atoms with Gasteiger partial charge in [-0.15, -0.1) is 0 Å². The third-order valence-corrected chi connectivity index (χ3v) is 7.99. The van der Waals surface area contributed by atoms with E-state index in [9.17, 15) is 19.2 Å². The van der Waals surface area contributed by atoms with Crippen molar-refractivity contribution < 1.29 is 19.2 Å². The summed E-state index contributed by atoms with van der Waals surface area (Å²) in [5, 5.41) is 5.86. The molecule has 1 atom stereocenters. The molecule has 0 aliphatic carbocycles. The molecule has 2 heterocycles. The van der Waals surface area contributed by atoms with Crippen LogP contribution in [0.3, 0.4) is 0 Å². The van der Waals surface area contributed by atoms with E-state index in [0.717, 1.165) is 49.9 Å². The molecule has 1 unspecified atom stereocenters. The van der Waals surface area contributed by atoms with E-state index in [4.69, 9.17) is 0 Å². The molecule has 8 nitrogen and oxygen atoms in total. The Bertz CT molecular complexity index is 1400. The van der Waals surface area contributed by atoms with Gasteiger partial charge in [-0.25, -0.2) is 0 Å². The third-order valence-electron chi connectivity index (χ3n) is 7.99. The highest BCUT2D eigenvalue weighted by Crippen LogP contribution is 2.21. The van der Waals surface area contributed by atoms with Crippen molar-refractivity contribution in [2.45, 2.75) is 44.9 Å². The van der Waals surface area contributed by atoms with E-state index in [1.54, 1.807) is 36.4 Å². The number of nitrogens with one attached hydrogen (secondary N) is 2. The smallest absolute Gasteiger partial charge is 0.253 e. The number of piperidine rings is 1. The van der Waals surface area contributed by atoms with Crippen LogP contribution in [-0.4, -0.2) is 59.6 Å². The fraction of sp³-hybridized carbons (Fsp3) is 0.353. The highest BCUT2D eigenvalue weighted by atomic mass is 16.2. The van der Waals surface area contributed by atoms with Crippen LogP contribution in [0.2, 0.25) is 0 Å². The quantitative estimate of drug-likeness (QED) is 0.384. The van der Waals surface area contributed by atoms with Gasteiger partial charge < -0.3 is 20.4 Å². The number of hydrogen-bond acceptors (Lipinski definition) is 4. The van der Waals surface area contributed by atoms with Crippen LogP contribution in [0.15, 0.2) is 78.9 Å². The minimum Gasteiger partial charge on any atom is -0.342 e. The van der Waals surface area contributed by atoms with Crippen molar-refractivity contribution in [1.29, 1.82) is 0 Å². The number of hydrogen-bond donors (Lipinski definition) is 2. The van der Waals surface area contributed by atoms with E-state index in [-0.39, 0.29) is 36.0 Å². The maximum absolute atomic E-state index is 13.0. The standard InChI is InChI=1S/C34H38N4O4/c39-31(35-30-12-6-10-27(23-30)34(42)37-19-4-5-20-37)22-26-13-16-29(17-14-26)36-33(41)28-11-7-21-38(24-28)32(40)18-15-25-8-2-1-3-9-25/h1-3,6,8-10,12-14,16-17,23,28H,4-5,7,11,15,18-22,24H2,(H,35,39)(H,36,41). The molecular formula is C34H38N4O4. The van der Waals surface area contributed by atoms with Crippen molar-refractivity contribution in [3.05, 3.63) is 95.6 Å². The molecular weight excluding hydrogens is 528 g/mol. The SMILES string of the molecule is O=C(Cc1ccc(NC(=O)C2CCCN(C(=O)CCc3ccccc3)C2)cc1)Nc1cccc(C(=O)N2CCCC2)c1. The number of anilines is 2. The third kappa shape index (κ3) is 7.84. The molecule has 5 rings (SSSR count). The fourth-order valence-corrected chi connectivity index (χ4v) is 5.65. The van der Waals surface area contributed by atoms with Crippen LogP contribution in [0.1, 0.15) is 53.6 Å². The van der Waals surface area contributed by atoms with Gasteiger partial charge in [-0.3, -0.25) is 19.2 Å². The van der Waals surface area contributed by atoms with Gasteiger partial charge in [0.25, 0.3) is 5.91 Å². The number of aryl methyl sites for hydroxylation is 1. The molecule has 0 spiro atoms. The maximum Gasteiger partial charge on any atom is 0.253 e. The van der Waals surface area contributed by atoms with Crippen molar-refractivity contribution in [3.8, 4) is 0 Å². The second kappa shape index (κ2) is 13.9. The molecule has 2 N–H and O–H groups in total. The largest absolute Gasteiger partial charge is 0.342 e. The Balaban J connectivity index is 1.08. The van der Waals surface area contributed by atoms with Crippen LogP contribution in [-0.2, 0) is 27.2 Å².